The first-order valence-electron chi connectivity index (χ1n) is 10.1. The van der Waals surface area contributed by atoms with Crippen LogP contribution in [0.2, 0.25) is 0 Å². The third-order valence-corrected chi connectivity index (χ3v) is 5.40. The van der Waals surface area contributed by atoms with E-state index in [1.165, 1.54) is 0 Å². The maximum atomic E-state index is 13.0. The molecule has 8 heteroatoms. The number of carbonyl (C=O) groups is 3. The van der Waals surface area contributed by atoms with Crippen LogP contribution >= 0.6 is 0 Å². The molecule has 0 radical (unpaired) electrons. The van der Waals surface area contributed by atoms with Crippen molar-refractivity contribution >= 4 is 23.5 Å². The lowest BCUT2D eigenvalue weighted by molar-refractivity contribution is -0.138. The van der Waals surface area contributed by atoms with Gasteiger partial charge in [0.25, 0.3) is 11.8 Å². The van der Waals surface area contributed by atoms with Crippen LogP contribution in [0.1, 0.15) is 31.9 Å². The topological polar surface area (TPSA) is 91.0 Å². The predicted molar refractivity (Wildman–Crippen MR) is 118 cm³/mol. The van der Waals surface area contributed by atoms with Crippen molar-refractivity contribution in [3.05, 3.63) is 59.7 Å². The SMILES string of the molecule is COc1ccc(C2(C)NC(=O)N(NC(=O)CN(c3ccc(C)cc3)C(C)C)C2=O)cc1. The molecule has 2 aromatic carbocycles. The van der Waals surface area contributed by atoms with Gasteiger partial charge in [0.05, 0.1) is 13.7 Å². The molecule has 4 amide bonds. The number of hydrazine groups is 1. The van der Waals surface area contributed by atoms with Gasteiger partial charge in [0.2, 0.25) is 0 Å². The van der Waals surface area contributed by atoms with Gasteiger partial charge in [0.1, 0.15) is 11.3 Å². The number of ether oxygens (including phenoxy) is 1. The van der Waals surface area contributed by atoms with E-state index in [4.69, 9.17) is 4.74 Å². The Kier molecular flexibility index (Phi) is 6.19. The Labute approximate surface area is 182 Å². The van der Waals surface area contributed by atoms with Crippen LogP contribution in [0.15, 0.2) is 48.5 Å². The minimum absolute atomic E-state index is 0.00294. The zero-order valence-electron chi connectivity index (χ0n) is 18.4. The number of urea groups is 1. The van der Waals surface area contributed by atoms with Crippen molar-refractivity contribution in [2.45, 2.75) is 39.3 Å². The molecule has 1 atom stereocenters. The van der Waals surface area contributed by atoms with E-state index in [1.54, 1.807) is 38.3 Å². The highest BCUT2D eigenvalue weighted by molar-refractivity contribution is 6.08. The number of benzene rings is 2. The molecule has 1 fully saturated rings. The number of aryl methyl sites for hydroxylation is 1. The molecule has 1 saturated heterocycles. The highest BCUT2D eigenvalue weighted by Gasteiger charge is 2.50. The molecule has 31 heavy (non-hydrogen) atoms. The maximum absolute atomic E-state index is 13.0. The van der Waals surface area contributed by atoms with Gasteiger partial charge >= 0.3 is 6.03 Å². The molecule has 1 aliphatic heterocycles. The van der Waals surface area contributed by atoms with E-state index in [2.05, 4.69) is 10.7 Å². The molecular formula is C23H28N4O4. The van der Waals surface area contributed by atoms with Crippen LogP contribution in [0, 0.1) is 6.92 Å². The van der Waals surface area contributed by atoms with Gasteiger partial charge in [-0.2, -0.15) is 5.01 Å². The molecule has 0 saturated carbocycles. The number of nitrogens with zero attached hydrogens (tertiary/aromatic N) is 2. The summed E-state index contributed by atoms with van der Waals surface area (Å²) in [5, 5.41) is 3.42. The first kappa shape index (κ1) is 22.1. The summed E-state index contributed by atoms with van der Waals surface area (Å²) in [7, 11) is 1.55. The Morgan fingerprint density at radius 3 is 2.29 bits per heavy atom. The number of imide groups is 1. The molecule has 0 bridgehead atoms. The Morgan fingerprint density at radius 1 is 1.13 bits per heavy atom. The number of anilines is 1. The number of hydrogen-bond acceptors (Lipinski definition) is 5. The number of hydrogen-bond donors (Lipinski definition) is 2. The van der Waals surface area contributed by atoms with Crippen molar-refractivity contribution in [2.24, 2.45) is 0 Å². The Morgan fingerprint density at radius 2 is 1.74 bits per heavy atom. The van der Waals surface area contributed by atoms with Crippen molar-refractivity contribution in [3.8, 4) is 5.75 Å². The Bertz CT molecular complexity index is 972. The van der Waals surface area contributed by atoms with Crippen molar-refractivity contribution in [1.82, 2.24) is 15.8 Å². The van der Waals surface area contributed by atoms with Crippen molar-refractivity contribution in [1.29, 1.82) is 0 Å². The quantitative estimate of drug-likeness (QED) is 0.667. The zero-order chi connectivity index (χ0) is 22.8. The normalized spacial score (nSPS) is 18.2. The highest BCUT2D eigenvalue weighted by Crippen LogP contribution is 2.29. The second-order valence-electron chi connectivity index (χ2n) is 8.02. The zero-order valence-corrected chi connectivity index (χ0v) is 18.4. The average molecular weight is 425 g/mol. The molecule has 1 aliphatic rings. The van der Waals surface area contributed by atoms with Gasteiger partial charge in [-0.1, -0.05) is 29.8 Å². The number of nitrogens with one attached hydrogen (secondary N) is 2. The van der Waals surface area contributed by atoms with Crippen LogP contribution in [-0.2, 0) is 15.1 Å². The molecule has 164 valence electrons. The van der Waals surface area contributed by atoms with Crippen LogP contribution in [0.25, 0.3) is 0 Å². The van der Waals surface area contributed by atoms with Crippen molar-refractivity contribution in [2.75, 3.05) is 18.6 Å². The monoisotopic (exact) mass is 424 g/mol. The van der Waals surface area contributed by atoms with E-state index in [0.717, 1.165) is 16.3 Å². The molecule has 0 aliphatic carbocycles. The molecule has 0 spiro atoms. The lowest BCUT2D eigenvalue weighted by atomic mass is 9.92. The molecule has 2 N–H and O–H groups in total. The summed E-state index contributed by atoms with van der Waals surface area (Å²) < 4.78 is 5.14. The fourth-order valence-electron chi connectivity index (χ4n) is 3.48. The molecule has 2 aromatic rings. The summed E-state index contributed by atoms with van der Waals surface area (Å²) in [5.41, 5.74) is 3.77. The molecular weight excluding hydrogens is 396 g/mol. The maximum Gasteiger partial charge on any atom is 0.344 e. The van der Waals surface area contributed by atoms with E-state index in [0.29, 0.717) is 11.3 Å². The molecule has 1 heterocycles. The van der Waals surface area contributed by atoms with Crippen LogP contribution in [0.3, 0.4) is 0 Å². The van der Waals surface area contributed by atoms with Gasteiger partial charge < -0.3 is 15.0 Å². The van der Waals surface area contributed by atoms with E-state index in [9.17, 15) is 14.4 Å². The molecule has 0 aromatic heterocycles. The predicted octanol–water partition coefficient (Wildman–Crippen LogP) is 2.72. The van der Waals surface area contributed by atoms with Crippen LogP contribution < -0.4 is 20.4 Å². The molecule has 1 unspecified atom stereocenters. The van der Waals surface area contributed by atoms with E-state index in [-0.39, 0.29) is 12.6 Å². The first-order chi connectivity index (χ1) is 14.7. The average Bonchev–Trinajstić information content (AvgIpc) is 2.96. The Hall–Kier alpha value is -3.55. The summed E-state index contributed by atoms with van der Waals surface area (Å²) in [6.07, 6.45) is 0. The summed E-state index contributed by atoms with van der Waals surface area (Å²) in [4.78, 5) is 40.2. The number of carbonyl (C=O) groups excluding carboxylic acids is 3. The first-order valence-corrected chi connectivity index (χ1v) is 10.1. The molecule has 8 nitrogen and oxygen atoms in total. The number of methoxy groups -OCH3 is 1. The molecule has 3 rings (SSSR count). The smallest absolute Gasteiger partial charge is 0.344 e. The lowest BCUT2D eigenvalue weighted by Gasteiger charge is -2.29. The number of rotatable bonds is 7. The van der Waals surface area contributed by atoms with Gasteiger partial charge in [-0.15, -0.1) is 0 Å². The van der Waals surface area contributed by atoms with Crippen LogP contribution in [0.4, 0.5) is 10.5 Å². The van der Waals surface area contributed by atoms with Gasteiger partial charge in [-0.3, -0.25) is 15.0 Å². The lowest BCUT2D eigenvalue weighted by Crippen LogP contribution is -2.51. The standard InChI is InChI=1S/C23H28N4O4/c1-15(2)26(18-10-6-16(3)7-11-18)14-20(28)25-27-21(29)23(4,24-22(27)30)17-8-12-19(31-5)13-9-17/h6-13,15H,14H2,1-5H3,(H,24,30)(H,25,28). The second-order valence-corrected chi connectivity index (χ2v) is 8.02. The van der Waals surface area contributed by atoms with Gasteiger partial charge in [0.15, 0.2) is 0 Å². The second kappa shape index (κ2) is 8.67. The minimum Gasteiger partial charge on any atom is -0.497 e. The fraction of sp³-hybridized carbons (Fsp3) is 0.348. The minimum atomic E-state index is -1.29. The highest BCUT2D eigenvalue weighted by atomic mass is 16.5. The summed E-state index contributed by atoms with van der Waals surface area (Å²) in [6.45, 7) is 7.54. The third kappa shape index (κ3) is 4.47. The summed E-state index contributed by atoms with van der Waals surface area (Å²) in [5.74, 6) is -0.377. The van der Waals surface area contributed by atoms with E-state index >= 15 is 0 Å². The van der Waals surface area contributed by atoms with Crippen molar-refractivity contribution in [3.63, 3.8) is 0 Å². The van der Waals surface area contributed by atoms with Gasteiger partial charge in [-0.25, -0.2) is 4.79 Å². The van der Waals surface area contributed by atoms with Crippen LogP contribution in [0.5, 0.6) is 5.75 Å². The fourth-order valence-corrected chi connectivity index (χ4v) is 3.48. The summed E-state index contributed by atoms with van der Waals surface area (Å²) >= 11 is 0. The third-order valence-electron chi connectivity index (χ3n) is 5.40. The van der Waals surface area contributed by atoms with E-state index in [1.807, 2.05) is 49.9 Å². The Balaban J connectivity index is 1.73. The van der Waals surface area contributed by atoms with Gasteiger partial charge in [0, 0.05) is 11.7 Å². The van der Waals surface area contributed by atoms with Crippen molar-refractivity contribution < 1.29 is 19.1 Å². The van der Waals surface area contributed by atoms with Gasteiger partial charge in [-0.05, 0) is 57.5 Å². The van der Waals surface area contributed by atoms with E-state index < -0.39 is 23.4 Å². The van der Waals surface area contributed by atoms with Crippen LogP contribution in [-0.4, -0.2) is 42.6 Å². The number of amides is 4. The largest absolute Gasteiger partial charge is 0.497 e. The summed E-state index contributed by atoms with van der Waals surface area (Å²) in [6, 6.07) is 14.0.